The first-order chi connectivity index (χ1) is 7.75. The summed E-state index contributed by atoms with van der Waals surface area (Å²) in [5.41, 5.74) is 1.30. The molecule has 1 aromatic rings. The monoisotopic (exact) mass is 234 g/mol. The van der Waals surface area contributed by atoms with Crippen LogP contribution in [-0.2, 0) is 4.79 Å². The highest BCUT2D eigenvalue weighted by Gasteiger charge is 2.23. The van der Waals surface area contributed by atoms with Crippen molar-refractivity contribution in [1.29, 1.82) is 0 Å². The number of carbonyl (C=O) groups is 1. The molecule has 0 radical (unpaired) electrons. The molecule has 1 fully saturated rings. The molecule has 0 amide bonds. The quantitative estimate of drug-likeness (QED) is 0.736. The van der Waals surface area contributed by atoms with E-state index in [1.54, 1.807) is 0 Å². The normalized spacial score (nSPS) is 20.3. The Balaban J connectivity index is 1.75. The second-order valence-corrected chi connectivity index (χ2v) is 5.67. The molecule has 0 heterocycles. The number of hydrogen-bond acceptors (Lipinski definition) is 2. The first-order valence-corrected chi connectivity index (χ1v) is 6.96. The van der Waals surface area contributed by atoms with Gasteiger partial charge in [-0.15, -0.1) is 11.8 Å². The summed E-state index contributed by atoms with van der Waals surface area (Å²) < 4.78 is 0. The molecule has 2 heteroatoms. The fourth-order valence-corrected chi connectivity index (χ4v) is 3.11. The fourth-order valence-electron chi connectivity index (χ4n) is 2.15. The zero-order valence-corrected chi connectivity index (χ0v) is 10.6. The Kier molecular flexibility index (Phi) is 4.05. The summed E-state index contributed by atoms with van der Waals surface area (Å²) in [6.07, 6.45) is 4.10. The molecule has 1 aromatic carbocycles. The van der Waals surface area contributed by atoms with Crippen LogP contribution in [0.3, 0.4) is 0 Å². The minimum Gasteiger partial charge on any atom is -0.299 e. The number of rotatable bonds is 4. The van der Waals surface area contributed by atoms with Crippen LogP contribution in [0, 0.1) is 12.8 Å². The molecular formula is C14H18OS. The van der Waals surface area contributed by atoms with Crippen molar-refractivity contribution < 1.29 is 4.79 Å². The standard InChI is InChI=1S/C14H18OS/c1-11-5-7-13(8-6-11)16-10-9-12-3-2-4-14(12)15/h5-8,12H,2-4,9-10H2,1H3. The maximum atomic E-state index is 11.5. The summed E-state index contributed by atoms with van der Waals surface area (Å²) in [7, 11) is 0. The molecular weight excluding hydrogens is 216 g/mol. The molecule has 1 unspecified atom stereocenters. The number of thioether (sulfide) groups is 1. The van der Waals surface area contributed by atoms with Gasteiger partial charge in [-0.25, -0.2) is 0 Å². The second kappa shape index (κ2) is 5.53. The predicted octanol–water partition coefficient (Wildman–Crippen LogP) is 3.85. The maximum Gasteiger partial charge on any atom is 0.136 e. The van der Waals surface area contributed by atoms with Crippen molar-refractivity contribution in [2.45, 2.75) is 37.5 Å². The van der Waals surface area contributed by atoms with Crippen LogP contribution < -0.4 is 0 Å². The van der Waals surface area contributed by atoms with Crippen LogP contribution in [-0.4, -0.2) is 11.5 Å². The lowest BCUT2D eigenvalue weighted by Gasteiger charge is -2.07. The Hall–Kier alpha value is -0.760. The van der Waals surface area contributed by atoms with Gasteiger partial charge in [-0.05, 0) is 44.1 Å². The Labute approximate surface area is 102 Å². The van der Waals surface area contributed by atoms with Crippen LogP contribution in [0.25, 0.3) is 0 Å². The molecule has 1 aliphatic rings. The maximum absolute atomic E-state index is 11.5. The van der Waals surface area contributed by atoms with Gasteiger partial charge in [0.05, 0.1) is 0 Å². The third-order valence-corrected chi connectivity index (χ3v) is 4.23. The van der Waals surface area contributed by atoms with Gasteiger partial charge in [0.25, 0.3) is 0 Å². The van der Waals surface area contributed by atoms with E-state index in [9.17, 15) is 4.79 Å². The molecule has 0 N–H and O–H groups in total. The van der Waals surface area contributed by atoms with Crippen LogP contribution in [0.15, 0.2) is 29.2 Å². The number of carbonyl (C=O) groups excluding carboxylic acids is 1. The Morgan fingerprint density at radius 1 is 1.31 bits per heavy atom. The summed E-state index contributed by atoms with van der Waals surface area (Å²) in [6.45, 7) is 2.10. The Morgan fingerprint density at radius 3 is 2.69 bits per heavy atom. The fraction of sp³-hybridized carbons (Fsp3) is 0.500. The SMILES string of the molecule is Cc1ccc(SCCC2CCCC2=O)cc1. The number of ketones is 1. The van der Waals surface area contributed by atoms with E-state index in [0.717, 1.165) is 31.4 Å². The molecule has 1 atom stereocenters. The molecule has 86 valence electrons. The average Bonchev–Trinajstić information content (AvgIpc) is 2.68. The zero-order valence-electron chi connectivity index (χ0n) is 9.74. The van der Waals surface area contributed by atoms with Crippen molar-refractivity contribution in [2.75, 3.05) is 5.75 Å². The highest BCUT2D eigenvalue weighted by molar-refractivity contribution is 7.99. The van der Waals surface area contributed by atoms with Gasteiger partial charge in [-0.2, -0.15) is 0 Å². The summed E-state index contributed by atoms with van der Waals surface area (Å²) in [4.78, 5) is 12.8. The molecule has 0 bridgehead atoms. The molecule has 2 rings (SSSR count). The summed E-state index contributed by atoms with van der Waals surface area (Å²) in [5, 5.41) is 0. The molecule has 1 saturated carbocycles. The highest BCUT2D eigenvalue weighted by Crippen LogP contribution is 2.27. The van der Waals surface area contributed by atoms with Crippen LogP contribution >= 0.6 is 11.8 Å². The van der Waals surface area contributed by atoms with Crippen LogP contribution in [0.1, 0.15) is 31.2 Å². The lowest BCUT2D eigenvalue weighted by molar-refractivity contribution is -0.120. The molecule has 16 heavy (non-hydrogen) atoms. The van der Waals surface area contributed by atoms with E-state index < -0.39 is 0 Å². The third-order valence-electron chi connectivity index (χ3n) is 3.19. The Bertz CT molecular complexity index is 356. The average molecular weight is 234 g/mol. The van der Waals surface area contributed by atoms with E-state index in [1.165, 1.54) is 10.5 Å². The third kappa shape index (κ3) is 3.11. The van der Waals surface area contributed by atoms with Crippen LogP contribution in [0.5, 0.6) is 0 Å². The molecule has 0 aliphatic heterocycles. The number of hydrogen-bond donors (Lipinski definition) is 0. The lowest BCUT2D eigenvalue weighted by Crippen LogP contribution is -2.06. The lowest BCUT2D eigenvalue weighted by atomic mass is 10.1. The zero-order chi connectivity index (χ0) is 11.4. The number of Topliss-reactive ketones (excluding diaryl/α,β-unsaturated/α-hetero) is 1. The van der Waals surface area contributed by atoms with Gasteiger partial charge in [0, 0.05) is 17.2 Å². The second-order valence-electron chi connectivity index (χ2n) is 4.51. The van der Waals surface area contributed by atoms with Crippen molar-refractivity contribution in [3.63, 3.8) is 0 Å². The summed E-state index contributed by atoms with van der Waals surface area (Å²) in [5.74, 6) is 1.92. The van der Waals surface area contributed by atoms with Gasteiger partial charge in [0.2, 0.25) is 0 Å². The van der Waals surface area contributed by atoms with Crippen LogP contribution in [0.2, 0.25) is 0 Å². The summed E-state index contributed by atoms with van der Waals surface area (Å²) >= 11 is 1.87. The first kappa shape index (κ1) is 11.7. The molecule has 0 spiro atoms. The molecule has 0 aromatic heterocycles. The molecule has 1 aliphatic carbocycles. The van der Waals surface area contributed by atoms with Gasteiger partial charge in [0.1, 0.15) is 5.78 Å². The van der Waals surface area contributed by atoms with E-state index in [4.69, 9.17) is 0 Å². The van der Waals surface area contributed by atoms with E-state index in [1.807, 2.05) is 11.8 Å². The molecule has 0 saturated heterocycles. The van der Waals surface area contributed by atoms with E-state index in [0.29, 0.717) is 11.7 Å². The van der Waals surface area contributed by atoms with Crippen molar-refractivity contribution in [3.8, 4) is 0 Å². The van der Waals surface area contributed by atoms with Gasteiger partial charge in [-0.3, -0.25) is 4.79 Å². The topological polar surface area (TPSA) is 17.1 Å². The largest absolute Gasteiger partial charge is 0.299 e. The number of benzene rings is 1. The van der Waals surface area contributed by atoms with Crippen molar-refractivity contribution in [3.05, 3.63) is 29.8 Å². The van der Waals surface area contributed by atoms with Crippen molar-refractivity contribution >= 4 is 17.5 Å². The van der Waals surface area contributed by atoms with E-state index in [-0.39, 0.29) is 0 Å². The minimum atomic E-state index is 0.359. The van der Waals surface area contributed by atoms with Gasteiger partial charge in [-0.1, -0.05) is 17.7 Å². The predicted molar refractivity (Wildman–Crippen MR) is 68.9 cm³/mol. The molecule has 1 nitrogen and oxygen atoms in total. The van der Waals surface area contributed by atoms with Gasteiger partial charge < -0.3 is 0 Å². The van der Waals surface area contributed by atoms with Crippen LogP contribution in [0.4, 0.5) is 0 Å². The Morgan fingerprint density at radius 2 is 2.06 bits per heavy atom. The summed E-state index contributed by atoms with van der Waals surface area (Å²) in [6, 6.07) is 8.61. The minimum absolute atomic E-state index is 0.359. The van der Waals surface area contributed by atoms with Crippen molar-refractivity contribution in [2.24, 2.45) is 5.92 Å². The van der Waals surface area contributed by atoms with E-state index in [2.05, 4.69) is 31.2 Å². The van der Waals surface area contributed by atoms with Crippen molar-refractivity contribution in [1.82, 2.24) is 0 Å². The highest BCUT2D eigenvalue weighted by atomic mass is 32.2. The first-order valence-electron chi connectivity index (χ1n) is 5.98. The van der Waals surface area contributed by atoms with Gasteiger partial charge >= 0.3 is 0 Å². The smallest absolute Gasteiger partial charge is 0.136 e. The van der Waals surface area contributed by atoms with Gasteiger partial charge in [0.15, 0.2) is 0 Å². The number of aryl methyl sites for hydroxylation is 1. The van der Waals surface area contributed by atoms with E-state index >= 15 is 0 Å².